The number of rotatable bonds is 9. The van der Waals surface area contributed by atoms with Crippen molar-refractivity contribution in [3.63, 3.8) is 0 Å². The van der Waals surface area contributed by atoms with Crippen molar-refractivity contribution in [1.29, 1.82) is 4.35 Å². The van der Waals surface area contributed by atoms with E-state index in [4.69, 9.17) is 14.2 Å². The van der Waals surface area contributed by atoms with Crippen LogP contribution in [0.5, 0.6) is 0 Å². The zero-order chi connectivity index (χ0) is 29.9. The van der Waals surface area contributed by atoms with Crippen LogP contribution in [0.1, 0.15) is 74.7 Å². The Bertz CT molecular complexity index is 729. The van der Waals surface area contributed by atoms with Gasteiger partial charge >= 0.3 is 44.7 Å². The summed E-state index contributed by atoms with van der Waals surface area (Å²) in [4.78, 5) is 22.7. The van der Waals surface area contributed by atoms with Crippen LogP contribution in [0.2, 0.25) is 0 Å². The molecule has 15 heteroatoms. The fourth-order valence-electron chi connectivity index (χ4n) is 2.20. The van der Waals surface area contributed by atoms with Gasteiger partial charge < -0.3 is 19.7 Å². The summed E-state index contributed by atoms with van der Waals surface area (Å²) in [6.07, 6.45) is -12.4. The summed E-state index contributed by atoms with van der Waals surface area (Å²) < 4.78 is 89.4. The van der Waals surface area contributed by atoms with Gasteiger partial charge in [-0.15, -0.1) is 0 Å². The minimum atomic E-state index is -4.75. The van der Waals surface area contributed by atoms with Gasteiger partial charge in [-0.05, 0) is 54.9 Å². The number of halogens is 6. The van der Waals surface area contributed by atoms with E-state index in [1.54, 1.807) is 36.9 Å². The number of carbonyl (C=O) groups is 2. The van der Waals surface area contributed by atoms with Crippen molar-refractivity contribution in [3.05, 3.63) is 12.2 Å². The molecule has 4 unspecified atom stereocenters. The molecule has 0 fully saturated rings. The molecule has 0 aliphatic heterocycles. The van der Waals surface area contributed by atoms with Crippen molar-refractivity contribution in [2.24, 2.45) is 5.41 Å². The van der Waals surface area contributed by atoms with Crippen LogP contribution in [-0.2, 0) is 19.1 Å². The van der Waals surface area contributed by atoms with Crippen molar-refractivity contribution in [2.45, 2.75) is 110 Å². The van der Waals surface area contributed by atoms with Gasteiger partial charge in [0.05, 0.1) is 5.41 Å². The Hall–Kier alpha value is -1.42. The molecule has 0 spiro atoms. The molecule has 7 nitrogen and oxygen atoms in total. The molecule has 0 rings (SSSR count). The summed E-state index contributed by atoms with van der Waals surface area (Å²) in [5.41, 5.74) is -6.37. The predicted octanol–water partition coefficient (Wildman–Crippen LogP) is 4.79. The third-order valence-corrected chi connectivity index (χ3v) is 4.99. The first-order valence-electron chi connectivity index (χ1n) is 10.8. The second-order valence-electron chi connectivity index (χ2n) is 9.40. The number of hydrogen-bond acceptors (Lipinski definition) is 7. The monoisotopic (exact) mass is 563 g/mol. The maximum atomic E-state index is 12.4. The number of aliphatic hydroxyl groups is 2. The Kier molecular flexibility index (Phi) is 19.0. The van der Waals surface area contributed by atoms with E-state index >= 15 is 0 Å². The van der Waals surface area contributed by atoms with Crippen LogP contribution >= 0.6 is 0 Å². The first kappa shape index (κ1) is 42.7. The average Bonchev–Trinajstić information content (AvgIpc) is 2.67. The van der Waals surface area contributed by atoms with Gasteiger partial charge in [0.2, 0.25) is 0 Å². The molecule has 0 bridgehead atoms. The van der Waals surface area contributed by atoms with Crippen LogP contribution in [0.25, 0.3) is 0 Å². The van der Waals surface area contributed by atoms with E-state index in [0.29, 0.717) is 20.3 Å². The molecule has 0 saturated heterocycles. The van der Waals surface area contributed by atoms with E-state index in [2.05, 4.69) is 11.3 Å². The van der Waals surface area contributed by atoms with Crippen LogP contribution in [0.15, 0.2) is 12.2 Å². The van der Waals surface area contributed by atoms with E-state index in [9.17, 15) is 41.0 Å². The Labute approximate surface area is 224 Å². The Morgan fingerprint density at radius 3 is 1.41 bits per heavy atom. The first-order valence-corrected chi connectivity index (χ1v) is 11.3. The topological polar surface area (TPSA) is 117 Å². The van der Waals surface area contributed by atoms with Gasteiger partial charge in [-0.2, -0.15) is 26.3 Å². The van der Waals surface area contributed by atoms with Gasteiger partial charge in [-0.1, -0.05) is 13.5 Å². The molecule has 0 aromatic carbocycles. The third-order valence-electron chi connectivity index (χ3n) is 4.99. The molecule has 214 valence electrons. The van der Waals surface area contributed by atoms with Crippen molar-refractivity contribution in [2.75, 3.05) is 0 Å². The van der Waals surface area contributed by atoms with Gasteiger partial charge in [0.25, 0.3) is 0 Å². The van der Waals surface area contributed by atoms with Crippen molar-refractivity contribution in [3.8, 4) is 0 Å². The van der Waals surface area contributed by atoms with Gasteiger partial charge in [-0.25, -0.2) is 4.79 Å². The summed E-state index contributed by atoms with van der Waals surface area (Å²) in [7, 11) is 0. The van der Waals surface area contributed by atoms with Gasteiger partial charge in [-0.3, -0.25) is 4.79 Å². The summed E-state index contributed by atoms with van der Waals surface area (Å²) in [5, 5.41) is 18.4. The summed E-state index contributed by atoms with van der Waals surface area (Å²) in [5.74, 6) is -1.33. The number of ether oxygens (including phenoxy) is 2. The summed E-state index contributed by atoms with van der Waals surface area (Å²) in [6, 6.07) is 0. The molecule has 0 aromatic rings. The Balaban J connectivity index is -0.000000270. The van der Waals surface area contributed by atoms with E-state index in [-0.39, 0.29) is 14.0 Å². The van der Waals surface area contributed by atoms with Gasteiger partial charge in [0.15, 0.2) is 11.2 Å². The molecule has 37 heavy (non-hydrogen) atoms. The molecular formula is C22H37AlBF6NO6. The van der Waals surface area contributed by atoms with Crippen LogP contribution in [-0.4, -0.2) is 82.4 Å². The molecule has 0 aromatic heterocycles. The van der Waals surface area contributed by atoms with Crippen LogP contribution in [0.3, 0.4) is 0 Å². The molecule has 0 aliphatic rings. The number of carbonyl (C=O) groups excluding carboxylic acids is 2. The zero-order valence-electron chi connectivity index (χ0n) is 22.4. The molecule has 0 heterocycles. The normalized spacial score (nSPS) is 16.4. The van der Waals surface area contributed by atoms with Crippen LogP contribution < -0.4 is 0 Å². The fourth-order valence-corrected chi connectivity index (χ4v) is 2.20. The van der Waals surface area contributed by atoms with Gasteiger partial charge in [0, 0.05) is 26.8 Å². The zero-order valence-corrected chi connectivity index (χ0v) is 23.6. The molecule has 0 amide bonds. The fraction of sp³-hybridized carbons (Fsp3) is 0.818. The van der Waals surface area contributed by atoms with Crippen LogP contribution in [0, 0.1) is 9.76 Å². The quantitative estimate of drug-likeness (QED) is 0.161. The third kappa shape index (κ3) is 16.2. The number of alkyl halides is 6. The maximum absolute atomic E-state index is 12.4. The SMILES string of the molecule is C=C(C)C(=O)OC(C)CC(C)(O)C(F)(F)F.CCC(C)(C)C(=O)OC(C)CC(C)(O)C(F)(F)F.[B].[NH]=[Al]. The standard InChI is InChI=1S/C12H21F3O3.C10H15F3O3.Al.B.HN/c1-6-10(3,4)9(16)18-8(2)7-11(5,17)12(13,14)15;1-6(2)8(14)16-7(3)5-9(4,15)10(11,12)13;;;/h8,17H,6-7H2,1-5H3;7,15H,1,5H2,2-4H3;;;1H. The van der Waals surface area contributed by atoms with Crippen LogP contribution in [0.4, 0.5) is 26.3 Å². The van der Waals surface area contributed by atoms with Gasteiger partial charge in [0.1, 0.15) is 12.2 Å². The molecule has 0 aliphatic carbocycles. The summed E-state index contributed by atoms with van der Waals surface area (Å²) >= 11 is 1.67. The molecule has 0 saturated carbocycles. The van der Waals surface area contributed by atoms with E-state index < -0.39 is 66.0 Å². The molecule has 4 radical (unpaired) electrons. The van der Waals surface area contributed by atoms with Crippen molar-refractivity contribution >= 4 is 36.4 Å². The van der Waals surface area contributed by atoms with Crippen molar-refractivity contribution < 1.29 is 55.6 Å². The van der Waals surface area contributed by atoms with E-state index in [1.807, 2.05) is 0 Å². The summed E-state index contributed by atoms with van der Waals surface area (Å²) in [6.45, 7) is 13.7. The Morgan fingerprint density at radius 2 is 1.16 bits per heavy atom. The second kappa shape index (κ2) is 16.5. The number of esters is 2. The molecule has 4 atom stereocenters. The van der Waals surface area contributed by atoms with Crippen molar-refractivity contribution in [1.82, 2.24) is 0 Å². The second-order valence-corrected chi connectivity index (χ2v) is 9.40. The van der Waals surface area contributed by atoms with E-state index in [1.165, 1.54) is 20.8 Å². The average molecular weight is 563 g/mol. The first-order chi connectivity index (χ1) is 15.8. The molecular weight excluding hydrogens is 526 g/mol. The predicted molar refractivity (Wildman–Crippen MR) is 127 cm³/mol. The molecule has 3 N–H and O–H groups in total. The number of hydrogen-bond donors (Lipinski definition) is 3. The minimum absolute atomic E-state index is 0. The Morgan fingerprint density at radius 1 is 0.865 bits per heavy atom. The van der Waals surface area contributed by atoms with E-state index in [0.717, 1.165) is 0 Å². The number of nitrogens with one attached hydrogen (secondary N) is 1.